The quantitative estimate of drug-likeness (QED) is 0.770. The lowest BCUT2D eigenvalue weighted by atomic mass is 10.1. The highest BCUT2D eigenvalue weighted by Crippen LogP contribution is 2.29. The molecule has 1 heterocycles. The number of aromatic nitrogens is 3. The first-order chi connectivity index (χ1) is 7.34. The van der Waals surface area contributed by atoms with E-state index < -0.39 is 16.8 Å². The van der Waals surface area contributed by atoms with Crippen molar-refractivity contribution in [3.8, 4) is 0 Å². The predicted octanol–water partition coefficient (Wildman–Crippen LogP) is 0.239. The maximum absolute atomic E-state index is 10.8. The van der Waals surface area contributed by atoms with E-state index in [9.17, 15) is 4.79 Å². The standard InChI is InChI=1S/C9H16N4O2S/c1-9(2,7(10)8(14)15)16-4-6-12-11-5-13(6)3/h5,7H,4,10H2,1-3H3,(H,14,15)/t7-/m1/s1. The van der Waals surface area contributed by atoms with Crippen LogP contribution in [0.1, 0.15) is 19.7 Å². The SMILES string of the molecule is Cn1cnnc1CSC(C)(C)[C@H](N)C(=O)O. The number of carbonyl (C=O) groups is 1. The van der Waals surface area contributed by atoms with Crippen LogP contribution in [0.3, 0.4) is 0 Å². The number of nitrogens with two attached hydrogens (primary N) is 1. The molecule has 0 aliphatic rings. The van der Waals surface area contributed by atoms with Gasteiger partial charge in [0.1, 0.15) is 18.2 Å². The predicted molar refractivity (Wildman–Crippen MR) is 62.0 cm³/mol. The van der Waals surface area contributed by atoms with Gasteiger partial charge in [0.15, 0.2) is 0 Å². The van der Waals surface area contributed by atoms with Crippen molar-refractivity contribution < 1.29 is 9.90 Å². The lowest BCUT2D eigenvalue weighted by Gasteiger charge is -2.27. The van der Waals surface area contributed by atoms with Gasteiger partial charge in [-0.1, -0.05) is 0 Å². The zero-order chi connectivity index (χ0) is 12.3. The van der Waals surface area contributed by atoms with E-state index in [1.807, 2.05) is 20.9 Å². The first kappa shape index (κ1) is 13.0. The Morgan fingerprint density at radius 2 is 2.38 bits per heavy atom. The van der Waals surface area contributed by atoms with Gasteiger partial charge in [0, 0.05) is 11.8 Å². The third kappa shape index (κ3) is 2.96. The maximum atomic E-state index is 10.8. The largest absolute Gasteiger partial charge is 0.480 e. The molecule has 0 spiro atoms. The highest BCUT2D eigenvalue weighted by atomic mass is 32.2. The molecule has 0 saturated heterocycles. The molecule has 6 nitrogen and oxygen atoms in total. The van der Waals surface area contributed by atoms with E-state index in [1.54, 1.807) is 10.9 Å². The third-order valence-electron chi connectivity index (χ3n) is 2.39. The smallest absolute Gasteiger partial charge is 0.321 e. The lowest BCUT2D eigenvalue weighted by molar-refractivity contribution is -0.139. The van der Waals surface area contributed by atoms with Crippen LogP contribution < -0.4 is 5.73 Å². The van der Waals surface area contributed by atoms with E-state index in [-0.39, 0.29) is 0 Å². The zero-order valence-electron chi connectivity index (χ0n) is 9.54. The van der Waals surface area contributed by atoms with Crippen LogP contribution in [0.25, 0.3) is 0 Å². The summed E-state index contributed by atoms with van der Waals surface area (Å²) in [6, 6.07) is -0.897. The van der Waals surface area contributed by atoms with E-state index in [1.165, 1.54) is 11.8 Å². The second-order valence-corrected chi connectivity index (χ2v) is 5.70. The normalized spacial score (nSPS) is 13.8. The van der Waals surface area contributed by atoms with E-state index in [2.05, 4.69) is 10.2 Å². The van der Waals surface area contributed by atoms with Crippen LogP contribution >= 0.6 is 11.8 Å². The van der Waals surface area contributed by atoms with Crippen LogP contribution in [0.4, 0.5) is 0 Å². The number of rotatable bonds is 5. The number of aliphatic carboxylic acids is 1. The van der Waals surface area contributed by atoms with Crippen molar-refractivity contribution in [1.82, 2.24) is 14.8 Å². The summed E-state index contributed by atoms with van der Waals surface area (Å²) in [5, 5.41) is 16.5. The van der Waals surface area contributed by atoms with Gasteiger partial charge in [-0.3, -0.25) is 4.79 Å². The molecule has 0 unspecified atom stereocenters. The first-order valence-electron chi connectivity index (χ1n) is 4.80. The number of aryl methyl sites for hydroxylation is 1. The van der Waals surface area contributed by atoms with Crippen molar-refractivity contribution in [3.05, 3.63) is 12.2 Å². The Morgan fingerprint density at radius 1 is 1.75 bits per heavy atom. The molecule has 90 valence electrons. The third-order valence-corrected chi connectivity index (χ3v) is 3.79. The highest BCUT2D eigenvalue weighted by Gasteiger charge is 2.32. The van der Waals surface area contributed by atoms with Crippen molar-refractivity contribution in [2.75, 3.05) is 0 Å². The molecule has 0 saturated carbocycles. The van der Waals surface area contributed by atoms with Gasteiger partial charge in [0.25, 0.3) is 0 Å². The van der Waals surface area contributed by atoms with Crippen LogP contribution in [0, 0.1) is 0 Å². The molecule has 1 atom stereocenters. The lowest BCUT2D eigenvalue weighted by Crippen LogP contribution is -2.46. The Labute approximate surface area is 98.2 Å². The minimum Gasteiger partial charge on any atom is -0.480 e. The molecule has 7 heteroatoms. The molecule has 0 amide bonds. The number of carboxylic acid groups (broad SMARTS) is 1. The van der Waals surface area contributed by atoms with E-state index in [4.69, 9.17) is 10.8 Å². The molecule has 0 fully saturated rings. The molecule has 0 aromatic carbocycles. The molecule has 1 rings (SSSR count). The summed E-state index contributed by atoms with van der Waals surface area (Å²) in [5.41, 5.74) is 5.61. The number of nitrogens with zero attached hydrogens (tertiary/aromatic N) is 3. The van der Waals surface area contributed by atoms with Crippen molar-refractivity contribution in [2.45, 2.75) is 30.4 Å². The van der Waals surface area contributed by atoms with Crippen molar-refractivity contribution >= 4 is 17.7 Å². The molecule has 3 N–H and O–H groups in total. The highest BCUT2D eigenvalue weighted by molar-refractivity contribution is 7.99. The van der Waals surface area contributed by atoms with Crippen LogP contribution in [0.15, 0.2) is 6.33 Å². The van der Waals surface area contributed by atoms with Crippen molar-refractivity contribution in [2.24, 2.45) is 12.8 Å². The fourth-order valence-corrected chi connectivity index (χ4v) is 2.12. The van der Waals surface area contributed by atoms with Gasteiger partial charge in [-0.15, -0.1) is 22.0 Å². The fraction of sp³-hybridized carbons (Fsp3) is 0.667. The Balaban J connectivity index is 2.61. The molecule has 1 aromatic heterocycles. The molecular formula is C9H16N4O2S. The molecule has 1 aromatic rings. The number of hydrogen-bond donors (Lipinski definition) is 2. The molecule has 16 heavy (non-hydrogen) atoms. The van der Waals surface area contributed by atoms with Crippen molar-refractivity contribution in [1.29, 1.82) is 0 Å². The van der Waals surface area contributed by atoms with Crippen LogP contribution in [0.5, 0.6) is 0 Å². The first-order valence-corrected chi connectivity index (χ1v) is 5.78. The van der Waals surface area contributed by atoms with Crippen LogP contribution in [-0.4, -0.2) is 36.6 Å². The topological polar surface area (TPSA) is 94.0 Å². The Morgan fingerprint density at radius 3 is 2.81 bits per heavy atom. The van der Waals surface area contributed by atoms with Gasteiger partial charge in [-0.2, -0.15) is 0 Å². The van der Waals surface area contributed by atoms with E-state index >= 15 is 0 Å². The minimum atomic E-state index is -0.990. The monoisotopic (exact) mass is 244 g/mol. The Kier molecular flexibility index (Phi) is 3.93. The molecular weight excluding hydrogens is 228 g/mol. The van der Waals surface area contributed by atoms with E-state index in [0.717, 1.165) is 5.82 Å². The second kappa shape index (κ2) is 4.84. The minimum absolute atomic E-state index is 0.544. The number of thioether (sulfide) groups is 1. The molecule has 0 aliphatic carbocycles. The summed E-state index contributed by atoms with van der Waals surface area (Å²) in [7, 11) is 1.85. The van der Waals surface area contributed by atoms with Crippen LogP contribution in [-0.2, 0) is 17.6 Å². The Bertz CT molecular complexity index is 377. The van der Waals surface area contributed by atoms with Gasteiger partial charge < -0.3 is 15.4 Å². The molecule has 0 bridgehead atoms. The van der Waals surface area contributed by atoms with Gasteiger partial charge in [0.2, 0.25) is 0 Å². The number of carboxylic acids is 1. The van der Waals surface area contributed by atoms with Crippen molar-refractivity contribution in [3.63, 3.8) is 0 Å². The molecule has 0 aliphatic heterocycles. The average Bonchev–Trinajstić information content (AvgIpc) is 2.60. The van der Waals surface area contributed by atoms with Gasteiger partial charge in [-0.05, 0) is 13.8 Å². The summed E-state index contributed by atoms with van der Waals surface area (Å²) in [6.45, 7) is 3.62. The second-order valence-electron chi connectivity index (χ2n) is 4.07. The summed E-state index contributed by atoms with van der Waals surface area (Å²) >= 11 is 1.46. The average molecular weight is 244 g/mol. The fourth-order valence-electron chi connectivity index (χ4n) is 1.08. The summed E-state index contributed by atoms with van der Waals surface area (Å²) < 4.78 is 1.26. The summed E-state index contributed by atoms with van der Waals surface area (Å²) in [6.07, 6.45) is 1.61. The summed E-state index contributed by atoms with van der Waals surface area (Å²) in [4.78, 5) is 10.8. The Hall–Kier alpha value is -1.08. The zero-order valence-corrected chi connectivity index (χ0v) is 10.4. The van der Waals surface area contributed by atoms with Gasteiger partial charge >= 0.3 is 5.97 Å². The van der Waals surface area contributed by atoms with Gasteiger partial charge in [0.05, 0.1) is 5.75 Å². The molecule has 0 radical (unpaired) electrons. The van der Waals surface area contributed by atoms with E-state index in [0.29, 0.717) is 5.75 Å². The summed E-state index contributed by atoms with van der Waals surface area (Å²) in [5.74, 6) is 0.399. The van der Waals surface area contributed by atoms with Crippen LogP contribution in [0.2, 0.25) is 0 Å². The van der Waals surface area contributed by atoms with Gasteiger partial charge in [-0.25, -0.2) is 0 Å². The maximum Gasteiger partial charge on any atom is 0.321 e. The number of hydrogen-bond acceptors (Lipinski definition) is 5.